The molecule has 0 aliphatic heterocycles. The van der Waals surface area contributed by atoms with Crippen molar-refractivity contribution in [2.24, 2.45) is 0 Å². The van der Waals surface area contributed by atoms with Crippen LogP contribution in [0, 0.1) is 0 Å². The molecule has 0 heterocycles. The molecule has 4 nitrogen and oxygen atoms in total. The molecule has 0 saturated carbocycles. The quantitative estimate of drug-likeness (QED) is 0.378. The summed E-state index contributed by atoms with van der Waals surface area (Å²) in [5.41, 5.74) is 3.72. The molecule has 31 heavy (non-hydrogen) atoms. The fraction of sp³-hybridized carbons (Fsp3) is 0.333. The lowest BCUT2D eigenvalue weighted by Crippen LogP contribution is -2.01. The number of hydrogen-bond donors (Lipinski definition) is 3. The molecule has 1 unspecified atom stereocenters. The Hall–Kier alpha value is -3.14. The molecule has 3 aromatic rings. The van der Waals surface area contributed by atoms with Gasteiger partial charge in [0.1, 0.15) is 28.7 Å². The van der Waals surface area contributed by atoms with E-state index in [1.54, 1.807) is 24.3 Å². The van der Waals surface area contributed by atoms with E-state index in [4.69, 9.17) is 4.74 Å². The van der Waals surface area contributed by atoms with Crippen LogP contribution in [0.4, 0.5) is 0 Å². The summed E-state index contributed by atoms with van der Waals surface area (Å²) in [6.45, 7) is 10.3. The van der Waals surface area contributed by atoms with E-state index in [1.165, 1.54) is 0 Å². The summed E-state index contributed by atoms with van der Waals surface area (Å²) in [5, 5.41) is 30.9. The second-order valence-electron chi connectivity index (χ2n) is 8.85. The molecule has 0 amide bonds. The van der Waals surface area contributed by atoms with Gasteiger partial charge in [-0.3, -0.25) is 0 Å². The van der Waals surface area contributed by atoms with Gasteiger partial charge in [0, 0.05) is 12.1 Å². The van der Waals surface area contributed by atoms with Crippen molar-refractivity contribution in [1.82, 2.24) is 0 Å². The Morgan fingerprint density at radius 3 is 2.13 bits per heavy atom. The van der Waals surface area contributed by atoms with Gasteiger partial charge < -0.3 is 20.1 Å². The van der Waals surface area contributed by atoms with Crippen molar-refractivity contribution >= 4 is 0 Å². The highest BCUT2D eigenvalue weighted by molar-refractivity contribution is 5.48. The molecule has 1 atom stereocenters. The molecule has 0 fully saturated rings. The first kappa shape index (κ1) is 22.5. The lowest BCUT2D eigenvalue weighted by Gasteiger charge is -2.18. The molecular formula is C27H32O4. The van der Waals surface area contributed by atoms with E-state index in [0.717, 1.165) is 22.3 Å². The predicted octanol–water partition coefficient (Wildman–Crippen LogP) is 7.19. The minimum atomic E-state index is 0.0523. The number of phenols is 3. The molecule has 0 spiro atoms. The zero-order chi connectivity index (χ0) is 22.7. The smallest absolute Gasteiger partial charge is 0.134 e. The topological polar surface area (TPSA) is 69.9 Å². The summed E-state index contributed by atoms with van der Waals surface area (Å²) in [4.78, 5) is 0. The van der Waals surface area contributed by atoms with E-state index in [1.807, 2.05) is 30.3 Å². The summed E-state index contributed by atoms with van der Waals surface area (Å²) in [7, 11) is 0. The highest BCUT2D eigenvalue weighted by Crippen LogP contribution is 2.37. The Morgan fingerprint density at radius 1 is 0.742 bits per heavy atom. The molecule has 0 bridgehead atoms. The number of ether oxygens (including phenoxy) is 1. The highest BCUT2D eigenvalue weighted by atomic mass is 16.5. The van der Waals surface area contributed by atoms with Gasteiger partial charge in [-0.1, -0.05) is 58.9 Å². The predicted molar refractivity (Wildman–Crippen MR) is 125 cm³/mol. The van der Waals surface area contributed by atoms with Crippen LogP contribution in [0.15, 0.2) is 54.6 Å². The van der Waals surface area contributed by atoms with Crippen molar-refractivity contribution in [3.63, 3.8) is 0 Å². The van der Waals surface area contributed by atoms with Gasteiger partial charge in [-0.15, -0.1) is 0 Å². The molecule has 0 aliphatic rings. The van der Waals surface area contributed by atoms with Crippen molar-refractivity contribution in [3.05, 3.63) is 76.9 Å². The monoisotopic (exact) mass is 420 g/mol. The molecule has 3 N–H and O–H groups in total. The maximum Gasteiger partial charge on any atom is 0.134 e. The van der Waals surface area contributed by atoms with Crippen LogP contribution in [0.25, 0.3) is 0 Å². The average molecular weight is 421 g/mol. The Kier molecular flexibility index (Phi) is 6.79. The van der Waals surface area contributed by atoms with Crippen molar-refractivity contribution in [3.8, 4) is 28.7 Å². The van der Waals surface area contributed by atoms with Crippen LogP contribution in [-0.4, -0.2) is 15.3 Å². The molecule has 3 rings (SSSR count). The molecule has 0 aliphatic carbocycles. The molecule has 0 aromatic heterocycles. The molecule has 3 aromatic carbocycles. The highest BCUT2D eigenvalue weighted by Gasteiger charge is 2.16. The number of para-hydroxylation sites is 1. The third kappa shape index (κ3) is 5.32. The van der Waals surface area contributed by atoms with Crippen LogP contribution < -0.4 is 4.74 Å². The van der Waals surface area contributed by atoms with Gasteiger partial charge in [0.2, 0.25) is 0 Å². The maximum atomic E-state index is 10.7. The van der Waals surface area contributed by atoms with E-state index >= 15 is 0 Å². The van der Waals surface area contributed by atoms with E-state index < -0.39 is 0 Å². The van der Waals surface area contributed by atoms with Crippen LogP contribution in [0.5, 0.6) is 28.7 Å². The van der Waals surface area contributed by atoms with Crippen molar-refractivity contribution in [1.29, 1.82) is 0 Å². The minimum absolute atomic E-state index is 0.0523. The normalized spacial score (nSPS) is 12.4. The van der Waals surface area contributed by atoms with Gasteiger partial charge >= 0.3 is 0 Å². The third-order valence-corrected chi connectivity index (χ3v) is 5.63. The van der Waals surface area contributed by atoms with Crippen molar-refractivity contribution < 1.29 is 20.1 Å². The number of hydrogen-bond acceptors (Lipinski definition) is 4. The number of phenolic OH excluding ortho intramolecular Hbond substituents is 3. The SMILES string of the molecule is CC(C)c1ccc(O)cc1Oc1cc(O)cc(C(C)Cc2cccc(C(C)C)c2O)c1. The third-order valence-electron chi connectivity index (χ3n) is 5.63. The van der Waals surface area contributed by atoms with Crippen molar-refractivity contribution in [2.45, 2.75) is 58.8 Å². The zero-order valence-corrected chi connectivity index (χ0v) is 18.9. The zero-order valence-electron chi connectivity index (χ0n) is 18.9. The van der Waals surface area contributed by atoms with E-state index in [-0.39, 0.29) is 29.3 Å². The Balaban J connectivity index is 1.88. The standard InChI is InChI=1S/C27H32O4/c1-16(2)24-10-9-21(28)15-26(24)31-23-13-20(12-22(29)14-23)18(5)11-19-7-6-8-25(17(3)4)27(19)30/h6-10,12-18,28-30H,11H2,1-5H3. The first-order valence-corrected chi connectivity index (χ1v) is 10.8. The van der Waals surface area contributed by atoms with Gasteiger partial charge in [-0.25, -0.2) is 0 Å². The first-order valence-electron chi connectivity index (χ1n) is 10.8. The maximum absolute atomic E-state index is 10.7. The largest absolute Gasteiger partial charge is 0.508 e. The molecule has 164 valence electrons. The Morgan fingerprint density at radius 2 is 1.45 bits per heavy atom. The van der Waals surface area contributed by atoms with E-state index in [0.29, 0.717) is 23.7 Å². The van der Waals surface area contributed by atoms with Crippen LogP contribution in [0.1, 0.15) is 74.6 Å². The number of aromatic hydroxyl groups is 3. The van der Waals surface area contributed by atoms with Gasteiger partial charge in [0.25, 0.3) is 0 Å². The average Bonchev–Trinajstić information content (AvgIpc) is 2.68. The summed E-state index contributed by atoms with van der Waals surface area (Å²) in [6, 6.07) is 16.2. The minimum Gasteiger partial charge on any atom is -0.508 e. The summed E-state index contributed by atoms with van der Waals surface area (Å²) in [5.74, 6) is 2.20. The van der Waals surface area contributed by atoms with Gasteiger partial charge in [0.05, 0.1) is 0 Å². The van der Waals surface area contributed by atoms with E-state index in [2.05, 4.69) is 34.6 Å². The Bertz CT molecular complexity index is 1050. The van der Waals surface area contributed by atoms with Gasteiger partial charge in [-0.2, -0.15) is 0 Å². The summed E-state index contributed by atoms with van der Waals surface area (Å²) >= 11 is 0. The number of benzene rings is 3. The van der Waals surface area contributed by atoms with Gasteiger partial charge in [-0.05, 0) is 64.6 Å². The first-order chi connectivity index (χ1) is 14.7. The second kappa shape index (κ2) is 9.34. The molecule has 0 saturated heterocycles. The van der Waals surface area contributed by atoms with Crippen LogP contribution in [0.2, 0.25) is 0 Å². The van der Waals surface area contributed by atoms with Crippen LogP contribution >= 0.6 is 0 Å². The molecule has 4 heteroatoms. The molecule has 0 radical (unpaired) electrons. The second-order valence-corrected chi connectivity index (χ2v) is 8.85. The number of rotatable bonds is 7. The van der Waals surface area contributed by atoms with E-state index in [9.17, 15) is 15.3 Å². The Labute approximate surface area is 184 Å². The fourth-order valence-corrected chi connectivity index (χ4v) is 3.85. The van der Waals surface area contributed by atoms with Crippen LogP contribution in [-0.2, 0) is 6.42 Å². The van der Waals surface area contributed by atoms with Gasteiger partial charge in [0.15, 0.2) is 0 Å². The molecular weight excluding hydrogens is 388 g/mol. The van der Waals surface area contributed by atoms with Crippen LogP contribution in [0.3, 0.4) is 0 Å². The summed E-state index contributed by atoms with van der Waals surface area (Å²) < 4.78 is 6.08. The lowest BCUT2D eigenvalue weighted by atomic mass is 9.90. The van der Waals surface area contributed by atoms with Crippen molar-refractivity contribution in [2.75, 3.05) is 0 Å². The lowest BCUT2D eigenvalue weighted by molar-refractivity contribution is 0.439. The fourth-order valence-electron chi connectivity index (χ4n) is 3.85. The summed E-state index contributed by atoms with van der Waals surface area (Å²) in [6.07, 6.45) is 0.638.